The van der Waals surface area contributed by atoms with Crippen LogP contribution in [0.4, 0.5) is 0 Å². The Labute approximate surface area is 238 Å². The standard InChI is InChI=1S/C31H30N4O5S/c36-28-21-35(41(39,40)29-17-6-7-18-32-29)19-9-16-26(28)33-31(38)27(20-22-10-2-1-3-11-22)34-30(37)25-15-8-13-23-12-4-5-14-24(23)25/h1-8,10-15,17-18,26-27H,9,16,19-21H2,(H,33,38)(H,34,37)/t26-,27?/m0/s1. The van der Waals surface area contributed by atoms with Crippen molar-refractivity contribution < 1.29 is 22.8 Å². The molecule has 0 saturated carbocycles. The minimum atomic E-state index is -3.96. The van der Waals surface area contributed by atoms with Crippen LogP contribution in [0.5, 0.6) is 0 Å². The number of ketones is 1. The molecule has 2 atom stereocenters. The summed E-state index contributed by atoms with van der Waals surface area (Å²) in [5.41, 5.74) is 1.28. The molecule has 1 aliphatic rings. The molecule has 0 spiro atoms. The first-order chi connectivity index (χ1) is 19.8. The van der Waals surface area contributed by atoms with Gasteiger partial charge in [0.2, 0.25) is 5.91 Å². The van der Waals surface area contributed by atoms with Gasteiger partial charge in [-0.3, -0.25) is 14.4 Å². The van der Waals surface area contributed by atoms with E-state index in [1.54, 1.807) is 24.3 Å². The number of nitrogens with zero attached hydrogens (tertiary/aromatic N) is 2. The lowest BCUT2D eigenvalue weighted by Crippen LogP contribution is -2.53. The highest BCUT2D eigenvalue weighted by atomic mass is 32.2. The lowest BCUT2D eigenvalue weighted by Gasteiger charge is -2.23. The average Bonchev–Trinajstić information content (AvgIpc) is 3.18. The number of fused-ring (bicyclic) bond motifs is 1. The lowest BCUT2D eigenvalue weighted by molar-refractivity contribution is -0.128. The zero-order valence-corrected chi connectivity index (χ0v) is 23.1. The molecule has 1 aromatic heterocycles. The van der Waals surface area contributed by atoms with Crippen LogP contribution < -0.4 is 10.6 Å². The highest BCUT2D eigenvalue weighted by Crippen LogP contribution is 2.20. The molecule has 2 amide bonds. The van der Waals surface area contributed by atoms with E-state index in [9.17, 15) is 22.8 Å². The van der Waals surface area contributed by atoms with Crippen molar-refractivity contribution >= 4 is 38.4 Å². The van der Waals surface area contributed by atoms with Gasteiger partial charge in [0, 0.05) is 24.7 Å². The summed E-state index contributed by atoms with van der Waals surface area (Å²) in [5.74, 6) is -1.34. The molecule has 41 heavy (non-hydrogen) atoms. The van der Waals surface area contributed by atoms with Crippen LogP contribution in [0.2, 0.25) is 0 Å². The van der Waals surface area contributed by atoms with Crippen LogP contribution in [0.15, 0.2) is 102 Å². The summed E-state index contributed by atoms with van der Waals surface area (Å²) in [6, 6.07) is 24.9. The van der Waals surface area contributed by atoms with Gasteiger partial charge in [-0.05, 0) is 47.4 Å². The fourth-order valence-electron chi connectivity index (χ4n) is 4.98. The predicted molar refractivity (Wildman–Crippen MR) is 155 cm³/mol. The summed E-state index contributed by atoms with van der Waals surface area (Å²) >= 11 is 0. The minimum absolute atomic E-state index is 0.127. The number of amides is 2. The molecule has 1 fully saturated rings. The number of hydrogen-bond acceptors (Lipinski definition) is 6. The molecule has 5 rings (SSSR count). The third-order valence-electron chi connectivity index (χ3n) is 7.12. The van der Waals surface area contributed by atoms with Crippen LogP contribution in [0.25, 0.3) is 10.8 Å². The molecule has 1 unspecified atom stereocenters. The Hall–Kier alpha value is -4.41. The number of rotatable bonds is 8. The zero-order valence-electron chi connectivity index (χ0n) is 22.3. The molecule has 9 nitrogen and oxygen atoms in total. The maximum absolute atomic E-state index is 13.6. The summed E-state index contributed by atoms with van der Waals surface area (Å²) in [4.78, 5) is 44.1. The number of aromatic nitrogens is 1. The van der Waals surface area contributed by atoms with Crippen LogP contribution >= 0.6 is 0 Å². The van der Waals surface area contributed by atoms with Gasteiger partial charge in [-0.2, -0.15) is 4.31 Å². The smallest absolute Gasteiger partial charge is 0.260 e. The van der Waals surface area contributed by atoms with Crippen molar-refractivity contribution in [2.24, 2.45) is 0 Å². The number of pyridine rings is 1. The maximum atomic E-state index is 13.6. The second-order valence-corrected chi connectivity index (χ2v) is 11.8. The van der Waals surface area contributed by atoms with Crippen molar-refractivity contribution in [1.82, 2.24) is 19.9 Å². The van der Waals surface area contributed by atoms with E-state index in [1.165, 1.54) is 12.3 Å². The van der Waals surface area contributed by atoms with Gasteiger partial charge in [-0.1, -0.05) is 72.8 Å². The number of carbonyl (C=O) groups is 3. The van der Waals surface area contributed by atoms with E-state index in [-0.39, 0.29) is 31.0 Å². The summed E-state index contributed by atoms with van der Waals surface area (Å²) in [5, 5.41) is 7.20. The molecule has 1 aliphatic heterocycles. The summed E-state index contributed by atoms with van der Waals surface area (Å²) < 4.78 is 27.2. The Kier molecular flexibility index (Phi) is 8.51. The Morgan fingerprint density at radius 1 is 0.927 bits per heavy atom. The Balaban J connectivity index is 1.33. The molecule has 0 aliphatic carbocycles. The SMILES string of the molecule is O=C(NC(Cc1ccccc1)C(=O)N[C@H]1CCCN(S(=O)(=O)c2ccccn2)CC1=O)c1cccc2ccccc12. The van der Waals surface area contributed by atoms with Gasteiger partial charge in [-0.25, -0.2) is 13.4 Å². The van der Waals surface area contributed by atoms with Gasteiger partial charge in [0.1, 0.15) is 6.04 Å². The van der Waals surface area contributed by atoms with Gasteiger partial charge in [0.15, 0.2) is 10.8 Å². The fraction of sp³-hybridized carbons (Fsp3) is 0.226. The second kappa shape index (κ2) is 12.4. The molecule has 1 saturated heterocycles. The number of benzene rings is 3. The van der Waals surface area contributed by atoms with Crippen LogP contribution in [-0.2, 0) is 26.0 Å². The quantitative estimate of drug-likeness (QED) is 0.335. The van der Waals surface area contributed by atoms with Crippen LogP contribution in [0.1, 0.15) is 28.8 Å². The van der Waals surface area contributed by atoms with Crippen molar-refractivity contribution in [2.45, 2.75) is 36.4 Å². The number of hydrogen-bond donors (Lipinski definition) is 2. The van der Waals surface area contributed by atoms with Gasteiger partial charge in [0.25, 0.3) is 15.9 Å². The first-order valence-electron chi connectivity index (χ1n) is 13.4. The van der Waals surface area contributed by atoms with Crippen molar-refractivity contribution in [3.05, 3.63) is 108 Å². The van der Waals surface area contributed by atoms with Crippen LogP contribution in [0.3, 0.4) is 0 Å². The van der Waals surface area contributed by atoms with Gasteiger partial charge in [0.05, 0.1) is 12.6 Å². The third kappa shape index (κ3) is 6.50. The van der Waals surface area contributed by atoms with Crippen molar-refractivity contribution in [2.75, 3.05) is 13.1 Å². The van der Waals surface area contributed by atoms with E-state index in [2.05, 4.69) is 15.6 Å². The van der Waals surface area contributed by atoms with Crippen molar-refractivity contribution in [1.29, 1.82) is 0 Å². The molecule has 210 valence electrons. The minimum Gasteiger partial charge on any atom is -0.344 e. The first-order valence-corrected chi connectivity index (χ1v) is 14.8. The van der Waals surface area contributed by atoms with E-state index in [4.69, 9.17) is 0 Å². The van der Waals surface area contributed by atoms with E-state index >= 15 is 0 Å². The van der Waals surface area contributed by atoms with Gasteiger partial charge in [-0.15, -0.1) is 0 Å². The highest BCUT2D eigenvalue weighted by molar-refractivity contribution is 7.89. The number of Topliss-reactive ketones (excluding diaryl/α,β-unsaturated/α-hetero) is 1. The van der Waals surface area contributed by atoms with E-state index in [0.717, 1.165) is 20.6 Å². The molecule has 0 bridgehead atoms. The molecule has 10 heteroatoms. The van der Waals surface area contributed by atoms with Crippen molar-refractivity contribution in [3.8, 4) is 0 Å². The van der Waals surface area contributed by atoms with Gasteiger partial charge < -0.3 is 10.6 Å². The summed E-state index contributed by atoms with van der Waals surface area (Å²) in [6.07, 6.45) is 2.24. The molecule has 3 aromatic carbocycles. The Bertz CT molecular complexity index is 1660. The van der Waals surface area contributed by atoms with Gasteiger partial charge >= 0.3 is 0 Å². The monoisotopic (exact) mass is 570 g/mol. The second-order valence-electron chi connectivity index (χ2n) is 9.92. The third-order valence-corrected chi connectivity index (χ3v) is 8.88. The van der Waals surface area contributed by atoms with E-state index < -0.39 is 39.7 Å². The summed E-state index contributed by atoms with van der Waals surface area (Å²) in [6.45, 7) is -0.252. The normalized spacial score (nSPS) is 17.0. The number of nitrogens with one attached hydrogen (secondary N) is 2. The predicted octanol–water partition coefficient (Wildman–Crippen LogP) is 3.11. The number of carbonyl (C=O) groups excluding carboxylic acids is 3. The van der Waals surface area contributed by atoms with E-state index in [0.29, 0.717) is 12.0 Å². The average molecular weight is 571 g/mol. The Morgan fingerprint density at radius 2 is 1.66 bits per heavy atom. The first kappa shape index (κ1) is 28.1. The molecule has 0 radical (unpaired) electrons. The lowest BCUT2D eigenvalue weighted by atomic mass is 10.0. The largest absolute Gasteiger partial charge is 0.344 e. The molecular formula is C31H30N4O5S. The van der Waals surface area contributed by atoms with Crippen LogP contribution in [-0.4, -0.2) is 60.5 Å². The van der Waals surface area contributed by atoms with Crippen LogP contribution in [0, 0.1) is 0 Å². The number of sulfonamides is 1. The topological polar surface area (TPSA) is 126 Å². The molecule has 2 N–H and O–H groups in total. The zero-order chi connectivity index (χ0) is 28.8. The van der Waals surface area contributed by atoms with Crippen molar-refractivity contribution in [3.63, 3.8) is 0 Å². The molecule has 2 heterocycles. The highest BCUT2D eigenvalue weighted by Gasteiger charge is 2.34. The Morgan fingerprint density at radius 3 is 2.44 bits per heavy atom. The van der Waals surface area contributed by atoms with E-state index in [1.807, 2.05) is 60.7 Å². The fourth-order valence-corrected chi connectivity index (χ4v) is 6.35. The molecular weight excluding hydrogens is 540 g/mol. The maximum Gasteiger partial charge on any atom is 0.260 e. The summed E-state index contributed by atoms with van der Waals surface area (Å²) in [7, 11) is -3.96. The molecule has 4 aromatic rings.